The molecule has 0 spiro atoms. The summed E-state index contributed by atoms with van der Waals surface area (Å²) in [6.07, 6.45) is 15.0. The van der Waals surface area contributed by atoms with Crippen LogP contribution in [0.25, 0.3) is 11.4 Å². The molecule has 6 heteroatoms. The average Bonchev–Trinajstić information content (AvgIpc) is 3.65. The van der Waals surface area contributed by atoms with Gasteiger partial charge < -0.3 is 9.31 Å². The van der Waals surface area contributed by atoms with Crippen molar-refractivity contribution in [2.24, 2.45) is 0 Å². The van der Waals surface area contributed by atoms with Crippen LogP contribution in [0.2, 0.25) is 6.32 Å². The van der Waals surface area contributed by atoms with Crippen molar-refractivity contribution in [1.82, 2.24) is 4.57 Å². The Labute approximate surface area is 329 Å². The summed E-state index contributed by atoms with van der Waals surface area (Å²) in [7, 11) is -0.139. The second-order valence-corrected chi connectivity index (χ2v) is 16.2. The van der Waals surface area contributed by atoms with Crippen molar-refractivity contribution in [2.45, 2.75) is 157 Å². The molecule has 0 saturated carbocycles. The Morgan fingerprint density at radius 3 is 1.52 bits per heavy atom. The van der Waals surface area contributed by atoms with Gasteiger partial charge in [0.05, 0.1) is 22.6 Å². The molecule has 1 aromatic heterocycles. The summed E-state index contributed by atoms with van der Waals surface area (Å²) in [5.74, 6) is 1.84. The van der Waals surface area contributed by atoms with Crippen LogP contribution in [0, 0.1) is 12.7 Å². The van der Waals surface area contributed by atoms with Crippen molar-refractivity contribution in [3.8, 4) is 11.4 Å². The summed E-state index contributed by atoms with van der Waals surface area (Å²) in [4.78, 5) is 0. The topological polar surface area (TPSA) is 27.3 Å². The van der Waals surface area contributed by atoms with Crippen LogP contribution in [0.5, 0.6) is 0 Å². The first-order valence-electron chi connectivity index (χ1n) is 19.6. The molecule has 0 amide bonds. The van der Waals surface area contributed by atoms with Crippen molar-refractivity contribution in [3.63, 3.8) is 0 Å². The van der Waals surface area contributed by atoms with Gasteiger partial charge in [0.25, 0.3) is 6.33 Å². The van der Waals surface area contributed by atoms with Crippen LogP contribution in [-0.4, -0.2) is 22.9 Å². The fraction of sp³-hybridized carbons (Fsp3) is 0.522. The van der Waals surface area contributed by atoms with Gasteiger partial charge >= 0.3 is 24.2 Å². The van der Waals surface area contributed by atoms with Crippen LogP contribution >= 0.6 is 0 Å². The van der Waals surface area contributed by atoms with Crippen molar-refractivity contribution in [3.05, 3.63) is 120 Å². The molecule has 0 unspecified atom stereocenters. The first-order chi connectivity index (χ1) is 24.0. The standard InChI is InChI=1S/C27H36N2.C14H20BO2.C5H12.Cu/c1-18(2)22-11-9-12-23(19(3)4)26(22)28-15-16-29(17-28)27-24(20(5)6)13-10-14-25(27)21(7)8;1-13(2)14(3,4)17-15(16-13)11-10-12-8-6-5-7-9-12;1-3-5-4-2;/h9-16,18-21H,1-8H3;5-10H,11H2,1-4H3;3-5H2,1-2H3;/q;-1;;+1. The fourth-order valence-corrected chi connectivity index (χ4v) is 6.38. The van der Waals surface area contributed by atoms with E-state index >= 15 is 0 Å². The summed E-state index contributed by atoms with van der Waals surface area (Å²) in [5.41, 5.74) is 8.79. The molecule has 52 heavy (non-hydrogen) atoms. The number of imidazole rings is 1. The first-order valence-corrected chi connectivity index (χ1v) is 19.6. The van der Waals surface area contributed by atoms with Gasteiger partial charge in [0.1, 0.15) is 0 Å². The molecule has 0 atom stereocenters. The number of hydrogen-bond donors (Lipinski definition) is 0. The summed E-state index contributed by atoms with van der Waals surface area (Å²) in [5, 5.41) is 0. The van der Waals surface area contributed by atoms with E-state index in [2.05, 4.69) is 180 Å². The Kier molecular flexibility index (Phi) is 18.0. The van der Waals surface area contributed by atoms with E-state index in [0.717, 1.165) is 6.32 Å². The molecule has 1 aliphatic heterocycles. The van der Waals surface area contributed by atoms with Crippen LogP contribution in [0.4, 0.5) is 0 Å². The minimum atomic E-state index is -0.234. The molecular weight excluding hydrogens is 687 g/mol. The van der Waals surface area contributed by atoms with Crippen molar-refractivity contribution < 1.29 is 30.9 Å². The normalized spacial score (nSPS) is 14.5. The monoisotopic (exact) mass is 754 g/mol. The van der Waals surface area contributed by atoms with Gasteiger partial charge in [-0.3, -0.25) is 9.13 Å². The first kappa shape index (κ1) is 45.4. The summed E-state index contributed by atoms with van der Waals surface area (Å²) in [6, 6.07) is 23.7. The van der Waals surface area contributed by atoms with Gasteiger partial charge in [0.15, 0.2) is 0 Å². The molecule has 4 nitrogen and oxygen atoms in total. The number of benzene rings is 3. The van der Waals surface area contributed by atoms with E-state index in [1.165, 1.54) is 58.5 Å². The molecular formula is C46H68BCuN2O2. The number of para-hydroxylation sites is 2. The smallest absolute Gasteiger partial charge is 0.404 e. The molecule has 3 aromatic carbocycles. The molecule has 1 fully saturated rings. The second-order valence-electron chi connectivity index (χ2n) is 16.2. The van der Waals surface area contributed by atoms with Crippen molar-refractivity contribution >= 4 is 7.12 Å². The largest absolute Gasteiger partial charge is 1.00 e. The van der Waals surface area contributed by atoms with Gasteiger partial charge in [0, 0.05) is 12.4 Å². The Morgan fingerprint density at radius 1 is 0.673 bits per heavy atom. The predicted molar refractivity (Wildman–Crippen MR) is 218 cm³/mol. The van der Waals surface area contributed by atoms with E-state index in [1.807, 2.05) is 18.2 Å². The van der Waals surface area contributed by atoms with E-state index in [0.29, 0.717) is 23.7 Å². The Morgan fingerprint density at radius 2 is 1.12 bits per heavy atom. The Bertz CT molecular complexity index is 1480. The molecule has 5 rings (SSSR count). The molecule has 1 saturated heterocycles. The van der Waals surface area contributed by atoms with Gasteiger partial charge in [-0.2, -0.15) is 24.1 Å². The van der Waals surface area contributed by atoms with Gasteiger partial charge in [-0.05, 0) is 79.9 Å². The quantitative estimate of drug-likeness (QED) is 0.0866. The van der Waals surface area contributed by atoms with E-state index in [1.54, 1.807) is 0 Å². The van der Waals surface area contributed by atoms with Gasteiger partial charge in [0.2, 0.25) is 0 Å². The van der Waals surface area contributed by atoms with E-state index in [9.17, 15) is 0 Å². The third-order valence-corrected chi connectivity index (χ3v) is 10.1. The van der Waals surface area contributed by atoms with Gasteiger partial charge in [-0.1, -0.05) is 131 Å². The minimum absolute atomic E-state index is 0. The molecule has 288 valence electrons. The summed E-state index contributed by atoms with van der Waals surface area (Å²) in [6.45, 7) is 30.9. The number of aromatic nitrogens is 2. The molecule has 0 radical (unpaired) electrons. The van der Waals surface area contributed by atoms with Crippen molar-refractivity contribution in [2.75, 3.05) is 0 Å². The zero-order chi connectivity index (χ0) is 37.9. The fourth-order valence-electron chi connectivity index (χ4n) is 6.38. The van der Waals surface area contributed by atoms with Crippen LogP contribution in [0.3, 0.4) is 0 Å². The van der Waals surface area contributed by atoms with Crippen LogP contribution in [0.15, 0.2) is 79.1 Å². The zero-order valence-corrected chi connectivity index (χ0v) is 35.8. The van der Waals surface area contributed by atoms with Crippen LogP contribution < -0.4 is 4.57 Å². The molecule has 4 aromatic rings. The number of nitrogens with zero attached hydrogens (tertiary/aromatic N) is 2. The second kappa shape index (κ2) is 20.6. The number of rotatable bonds is 11. The predicted octanol–water partition coefficient (Wildman–Crippen LogP) is 12.6. The summed E-state index contributed by atoms with van der Waals surface area (Å²) >= 11 is 0. The van der Waals surface area contributed by atoms with Crippen molar-refractivity contribution in [1.29, 1.82) is 0 Å². The minimum Gasteiger partial charge on any atom is -0.404 e. The van der Waals surface area contributed by atoms with E-state index in [-0.39, 0.29) is 35.4 Å². The molecule has 0 aliphatic carbocycles. The molecule has 0 N–H and O–H groups in total. The Hall–Kier alpha value is -2.76. The maximum Gasteiger partial charge on any atom is 1.00 e. The van der Waals surface area contributed by atoms with Crippen LogP contribution in [-0.2, 0) is 26.4 Å². The Balaban J connectivity index is 0.000000344. The third kappa shape index (κ3) is 11.9. The molecule has 0 bridgehead atoms. The molecule has 1 aliphatic rings. The molecule has 2 heterocycles. The SMILES string of the molecule is CC(C)c1cccc(C(C)C)c1-n1[c-][n+](-c2c(C(C)C)cccc2C(C)C)cc1.CC1(C)OB(C[CH-]c2ccccc2)OC1(C)C.CCCCC.[Cu+]. The average molecular weight is 755 g/mol. The maximum atomic E-state index is 5.93. The summed E-state index contributed by atoms with van der Waals surface area (Å²) < 4.78 is 16.3. The maximum absolute atomic E-state index is 5.93. The number of unbranched alkanes of at least 4 members (excludes halogenated alkanes) is 2. The van der Waals surface area contributed by atoms with E-state index in [4.69, 9.17) is 9.31 Å². The van der Waals surface area contributed by atoms with Gasteiger partial charge in [-0.25, -0.2) is 0 Å². The number of hydrogen-bond acceptors (Lipinski definition) is 2. The third-order valence-electron chi connectivity index (χ3n) is 10.1. The van der Waals surface area contributed by atoms with Crippen LogP contribution in [0.1, 0.15) is 168 Å². The van der Waals surface area contributed by atoms with Gasteiger partial charge in [-0.15, -0.1) is 12.1 Å². The zero-order valence-electron chi connectivity index (χ0n) is 34.8. The van der Waals surface area contributed by atoms with E-state index < -0.39 is 0 Å².